The Bertz CT molecular complexity index is 1030. The van der Waals surface area contributed by atoms with Gasteiger partial charge in [0, 0.05) is 12.0 Å². The Kier molecular flexibility index (Phi) is 9.02. The summed E-state index contributed by atoms with van der Waals surface area (Å²) in [6.07, 6.45) is 20.5. The Balaban J connectivity index is 1.07. The highest BCUT2D eigenvalue weighted by Crippen LogP contribution is 2.45. The minimum Gasteiger partial charge on any atom is -0.448 e. The minimum absolute atomic E-state index is 0.122. The number of ether oxygens (including phenoxy) is 1. The monoisotopic (exact) mass is 499 g/mol. The summed E-state index contributed by atoms with van der Waals surface area (Å²) in [6, 6.07) is 17.6. The molecule has 37 heavy (non-hydrogen) atoms. The molecule has 2 aromatic rings. The van der Waals surface area contributed by atoms with Crippen molar-refractivity contribution in [3.8, 4) is 11.1 Å². The van der Waals surface area contributed by atoms with Crippen LogP contribution in [0, 0.1) is 0 Å². The molecule has 5 rings (SSSR count). The van der Waals surface area contributed by atoms with E-state index in [2.05, 4.69) is 66.4 Å². The predicted octanol–water partition coefficient (Wildman–Crippen LogP) is 9.41. The van der Waals surface area contributed by atoms with E-state index in [4.69, 9.17) is 4.74 Å². The molecular weight excluding hydrogens is 454 g/mol. The number of unbranched alkanes of at least 4 members (excludes halogenated alkanes) is 9. The fourth-order valence-corrected chi connectivity index (χ4v) is 6.90. The van der Waals surface area contributed by atoms with Crippen LogP contribution in [0.2, 0.25) is 0 Å². The second-order valence-electron chi connectivity index (χ2n) is 11.5. The van der Waals surface area contributed by atoms with Crippen LogP contribution in [0.3, 0.4) is 0 Å². The van der Waals surface area contributed by atoms with Gasteiger partial charge in [0.25, 0.3) is 0 Å². The number of carbonyl (C=O) groups is 1. The summed E-state index contributed by atoms with van der Waals surface area (Å²) in [7, 11) is 0. The van der Waals surface area contributed by atoms with Crippen molar-refractivity contribution < 1.29 is 9.53 Å². The zero-order chi connectivity index (χ0) is 25.5. The number of hydrogen-bond acceptors (Lipinski definition) is 2. The van der Waals surface area contributed by atoms with Crippen molar-refractivity contribution in [2.24, 2.45) is 0 Å². The largest absolute Gasteiger partial charge is 0.448 e. The lowest BCUT2D eigenvalue weighted by atomic mass is 9.96. The molecule has 2 aromatic carbocycles. The Hall–Kier alpha value is -2.55. The molecule has 3 nitrogen and oxygen atoms in total. The lowest BCUT2D eigenvalue weighted by Gasteiger charge is -2.33. The first-order chi connectivity index (χ1) is 18.3. The van der Waals surface area contributed by atoms with Crippen LogP contribution in [0.4, 0.5) is 4.79 Å². The zero-order valence-corrected chi connectivity index (χ0v) is 22.8. The average molecular weight is 500 g/mol. The van der Waals surface area contributed by atoms with Crippen molar-refractivity contribution in [1.29, 1.82) is 0 Å². The third-order valence-corrected chi connectivity index (χ3v) is 8.87. The van der Waals surface area contributed by atoms with Crippen molar-refractivity contribution in [2.45, 2.75) is 115 Å². The van der Waals surface area contributed by atoms with Crippen molar-refractivity contribution in [1.82, 2.24) is 4.90 Å². The van der Waals surface area contributed by atoms with Crippen LogP contribution in [-0.4, -0.2) is 29.7 Å². The molecule has 0 N–H and O–H groups in total. The van der Waals surface area contributed by atoms with E-state index >= 15 is 0 Å². The van der Waals surface area contributed by atoms with Gasteiger partial charge in [-0.15, -0.1) is 0 Å². The Morgan fingerprint density at radius 3 is 2.03 bits per heavy atom. The predicted molar refractivity (Wildman–Crippen MR) is 153 cm³/mol. The van der Waals surface area contributed by atoms with E-state index in [1.807, 2.05) is 0 Å². The van der Waals surface area contributed by atoms with Gasteiger partial charge in [0.05, 0.1) is 6.04 Å². The number of amides is 1. The van der Waals surface area contributed by atoms with Crippen LogP contribution in [0.15, 0.2) is 60.2 Å². The zero-order valence-electron chi connectivity index (χ0n) is 22.8. The summed E-state index contributed by atoms with van der Waals surface area (Å²) < 4.78 is 6.02. The van der Waals surface area contributed by atoms with E-state index in [0.29, 0.717) is 12.6 Å². The average Bonchev–Trinajstić information content (AvgIpc) is 3.39. The molecule has 0 saturated carbocycles. The second-order valence-corrected chi connectivity index (χ2v) is 11.5. The van der Waals surface area contributed by atoms with Crippen LogP contribution in [0.25, 0.3) is 11.1 Å². The maximum Gasteiger partial charge on any atom is 0.410 e. The number of nitrogens with zero attached hydrogens (tertiary/aromatic N) is 1. The van der Waals surface area contributed by atoms with Crippen molar-refractivity contribution in [3.05, 3.63) is 71.3 Å². The SMILES string of the molecule is CCCCCCCCCCCCC1=CC2CCC(C1)N2C(=O)OCC1c2ccccc2-c2ccccc21. The lowest BCUT2D eigenvalue weighted by molar-refractivity contribution is 0.0848. The standard InChI is InChI=1S/C34H45NO2/c1-2-3-4-5-6-7-8-9-10-11-16-26-23-27-21-22-28(24-26)35(27)34(36)37-25-33-31-19-14-12-17-29(31)30-18-13-15-20-32(30)33/h12-15,17-20,23,27-28,33H,2-11,16,21-22,24-25H2,1H3. The van der Waals surface area contributed by atoms with E-state index in [1.165, 1.54) is 92.9 Å². The van der Waals surface area contributed by atoms with E-state index in [9.17, 15) is 4.79 Å². The molecule has 2 aliphatic heterocycles. The van der Waals surface area contributed by atoms with E-state index in [-0.39, 0.29) is 18.1 Å². The number of rotatable bonds is 13. The molecule has 3 heteroatoms. The highest BCUT2D eigenvalue weighted by molar-refractivity contribution is 5.79. The van der Waals surface area contributed by atoms with E-state index in [0.717, 1.165) is 19.3 Å². The number of benzene rings is 2. The summed E-state index contributed by atoms with van der Waals surface area (Å²) >= 11 is 0. The molecule has 2 bridgehead atoms. The quantitative estimate of drug-likeness (QED) is 0.203. The van der Waals surface area contributed by atoms with E-state index < -0.39 is 0 Å². The molecule has 1 amide bonds. The van der Waals surface area contributed by atoms with Gasteiger partial charge in [0.2, 0.25) is 0 Å². The summed E-state index contributed by atoms with van der Waals surface area (Å²) in [5.41, 5.74) is 6.68. The Morgan fingerprint density at radius 1 is 0.811 bits per heavy atom. The third-order valence-electron chi connectivity index (χ3n) is 8.87. The maximum atomic E-state index is 13.3. The number of carbonyl (C=O) groups excluding carboxylic acids is 1. The van der Waals surface area contributed by atoms with Crippen LogP contribution < -0.4 is 0 Å². The highest BCUT2D eigenvalue weighted by Gasteiger charge is 2.40. The van der Waals surface area contributed by atoms with Gasteiger partial charge in [0.15, 0.2) is 0 Å². The minimum atomic E-state index is -0.122. The molecule has 1 aliphatic carbocycles. The fourth-order valence-electron chi connectivity index (χ4n) is 6.90. The molecule has 198 valence electrons. The van der Waals surface area contributed by atoms with Crippen molar-refractivity contribution in [2.75, 3.05) is 6.61 Å². The van der Waals surface area contributed by atoms with Gasteiger partial charge in [-0.1, -0.05) is 125 Å². The van der Waals surface area contributed by atoms with Gasteiger partial charge in [-0.25, -0.2) is 4.79 Å². The lowest BCUT2D eigenvalue weighted by Crippen LogP contribution is -2.43. The maximum absolute atomic E-state index is 13.3. The molecule has 3 aliphatic rings. The van der Waals surface area contributed by atoms with Gasteiger partial charge in [-0.05, 0) is 54.4 Å². The molecule has 2 heterocycles. The van der Waals surface area contributed by atoms with Crippen molar-refractivity contribution in [3.63, 3.8) is 0 Å². The fraction of sp³-hybridized carbons (Fsp3) is 0.559. The van der Waals surface area contributed by atoms with Gasteiger partial charge in [-0.3, -0.25) is 4.90 Å². The molecule has 1 saturated heterocycles. The van der Waals surface area contributed by atoms with E-state index in [1.54, 1.807) is 5.57 Å². The Labute approximate surface area is 224 Å². The first-order valence-corrected chi connectivity index (χ1v) is 15.1. The first-order valence-electron chi connectivity index (χ1n) is 15.1. The Morgan fingerprint density at radius 2 is 1.41 bits per heavy atom. The molecule has 0 radical (unpaired) electrons. The topological polar surface area (TPSA) is 29.5 Å². The van der Waals surface area contributed by atoms with Crippen LogP contribution in [-0.2, 0) is 4.74 Å². The molecule has 2 atom stereocenters. The normalized spacial score (nSPS) is 20.0. The third kappa shape index (κ3) is 6.13. The summed E-state index contributed by atoms with van der Waals surface area (Å²) in [6.45, 7) is 2.70. The number of hydrogen-bond donors (Lipinski definition) is 0. The summed E-state index contributed by atoms with van der Waals surface area (Å²) in [4.78, 5) is 15.3. The first kappa shape index (κ1) is 26.1. The van der Waals surface area contributed by atoms with Crippen LogP contribution in [0.5, 0.6) is 0 Å². The van der Waals surface area contributed by atoms with Crippen LogP contribution >= 0.6 is 0 Å². The van der Waals surface area contributed by atoms with Gasteiger partial charge < -0.3 is 4.74 Å². The van der Waals surface area contributed by atoms with Gasteiger partial charge in [-0.2, -0.15) is 0 Å². The summed E-state index contributed by atoms with van der Waals surface area (Å²) in [5.74, 6) is 0.126. The van der Waals surface area contributed by atoms with Gasteiger partial charge in [0.1, 0.15) is 6.61 Å². The summed E-state index contributed by atoms with van der Waals surface area (Å²) in [5, 5.41) is 0. The van der Waals surface area contributed by atoms with Crippen molar-refractivity contribution >= 4 is 6.09 Å². The van der Waals surface area contributed by atoms with Gasteiger partial charge >= 0.3 is 6.09 Å². The molecule has 0 aromatic heterocycles. The van der Waals surface area contributed by atoms with Crippen LogP contribution in [0.1, 0.15) is 114 Å². The molecule has 1 fully saturated rings. The smallest absolute Gasteiger partial charge is 0.410 e. The highest BCUT2D eigenvalue weighted by atomic mass is 16.6. The molecular formula is C34H45NO2. The number of fused-ring (bicyclic) bond motifs is 5. The second kappa shape index (κ2) is 12.8. The molecule has 0 spiro atoms. The molecule has 2 unspecified atom stereocenters.